The number of rotatable bonds is 3. The summed E-state index contributed by atoms with van der Waals surface area (Å²) < 4.78 is 35.9. The largest absolute Gasteiger partial charge is 0.465 e. The summed E-state index contributed by atoms with van der Waals surface area (Å²) in [6.07, 6.45) is 0. The maximum atomic E-state index is 13.0. The van der Waals surface area contributed by atoms with Crippen molar-refractivity contribution in [2.45, 2.75) is 0 Å². The smallest absolute Gasteiger partial charge is 0.337 e. The van der Waals surface area contributed by atoms with Crippen molar-refractivity contribution in [3.63, 3.8) is 0 Å². The molecule has 2 N–H and O–H groups in total. The van der Waals surface area contributed by atoms with Crippen LogP contribution < -0.4 is 10.5 Å². The Morgan fingerprint density at radius 1 is 1.10 bits per heavy atom. The van der Waals surface area contributed by atoms with E-state index in [1.807, 2.05) is 0 Å². The highest BCUT2D eigenvalue weighted by Gasteiger charge is 2.10. The van der Waals surface area contributed by atoms with Crippen molar-refractivity contribution in [1.29, 1.82) is 0 Å². The van der Waals surface area contributed by atoms with Gasteiger partial charge in [0.1, 0.15) is 23.1 Å². The number of halogens is 2. The van der Waals surface area contributed by atoms with Gasteiger partial charge in [-0.3, -0.25) is 0 Å². The monoisotopic (exact) mass is 279 g/mol. The molecule has 2 rings (SSSR count). The third-order valence-electron chi connectivity index (χ3n) is 2.49. The van der Waals surface area contributed by atoms with Crippen LogP contribution in [0.1, 0.15) is 10.4 Å². The molecule has 0 saturated carbocycles. The van der Waals surface area contributed by atoms with E-state index in [0.717, 1.165) is 18.2 Å². The van der Waals surface area contributed by atoms with E-state index in [0.29, 0.717) is 0 Å². The third-order valence-corrected chi connectivity index (χ3v) is 2.49. The van der Waals surface area contributed by atoms with Crippen molar-refractivity contribution in [3.8, 4) is 11.5 Å². The van der Waals surface area contributed by atoms with Gasteiger partial charge in [-0.15, -0.1) is 0 Å². The summed E-state index contributed by atoms with van der Waals surface area (Å²) in [6, 6.07) is 7.00. The molecular formula is C14H11F2NO3. The van der Waals surface area contributed by atoms with Gasteiger partial charge >= 0.3 is 5.97 Å². The molecule has 0 spiro atoms. The first-order chi connectivity index (χ1) is 9.49. The first-order valence-electron chi connectivity index (χ1n) is 5.61. The van der Waals surface area contributed by atoms with Gasteiger partial charge in [0.2, 0.25) is 0 Å². The van der Waals surface area contributed by atoms with Gasteiger partial charge in [-0.1, -0.05) is 0 Å². The standard InChI is InChI=1S/C14H11F2NO3/c1-19-14(18)8-2-3-13(12(17)4-8)20-11-6-9(15)5-10(16)7-11/h2-7H,17H2,1H3. The lowest BCUT2D eigenvalue weighted by atomic mass is 10.2. The number of hydrogen-bond donors (Lipinski definition) is 1. The fourth-order valence-electron chi connectivity index (χ4n) is 1.60. The number of anilines is 1. The van der Waals surface area contributed by atoms with Crippen molar-refractivity contribution >= 4 is 11.7 Å². The summed E-state index contributed by atoms with van der Waals surface area (Å²) in [6.45, 7) is 0. The maximum absolute atomic E-state index is 13.0. The molecule has 0 saturated heterocycles. The van der Waals surface area contributed by atoms with Gasteiger partial charge in [0.15, 0.2) is 0 Å². The molecule has 2 aromatic carbocycles. The summed E-state index contributed by atoms with van der Waals surface area (Å²) >= 11 is 0. The molecule has 4 nitrogen and oxygen atoms in total. The number of hydrogen-bond acceptors (Lipinski definition) is 4. The van der Waals surface area contributed by atoms with Crippen LogP contribution in [0.15, 0.2) is 36.4 Å². The van der Waals surface area contributed by atoms with Gasteiger partial charge in [-0.05, 0) is 18.2 Å². The fourth-order valence-corrected chi connectivity index (χ4v) is 1.60. The zero-order valence-electron chi connectivity index (χ0n) is 10.5. The summed E-state index contributed by atoms with van der Waals surface area (Å²) in [4.78, 5) is 11.3. The van der Waals surface area contributed by atoms with Crippen LogP contribution in [-0.2, 0) is 4.74 Å². The molecular weight excluding hydrogens is 268 g/mol. The Kier molecular flexibility index (Phi) is 3.84. The Balaban J connectivity index is 2.27. The minimum atomic E-state index is -0.759. The van der Waals surface area contributed by atoms with Crippen LogP contribution in [-0.4, -0.2) is 13.1 Å². The molecule has 20 heavy (non-hydrogen) atoms. The topological polar surface area (TPSA) is 61.5 Å². The molecule has 0 atom stereocenters. The van der Waals surface area contributed by atoms with Crippen LogP contribution in [0.25, 0.3) is 0 Å². The summed E-state index contributed by atoms with van der Waals surface area (Å²) in [5, 5.41) is 0. The highest BCUT2D eigenvalue weighted by molar-refractivity contribution is 5.90. The number of esters is 1. The lowest BCUT2D eigenvalue weighted by Gasteiger charge is -2.09. The van der Waals surface area contributed by atoms with E-state index in [4.69, 9.17) is 10.5 Å². The Hall–Kier alpha value is -2.63. The van der Waals surface area contributed by atoms with Crippen LogP contribution >= 0.6 is 0 Å². The number of methoxy groups -OCH3 is 1. The SMILES string of the molecule is COC(=O)c1ccc(Oc2cc(F)cc(F)c2)c(N)c1. The molecule has 0 aromatic heterocycles. The van der Waals surface area contributed by atoms with Gasteiger partial charge in [0, 0.05) is 18.2 Å². The van der Waals surface area contributed by atoms with E-state index < -0.39 is 17.6 Å². The molecule has 6 heteroatoms. The summed E-state index contributed by atoms with van der Waals surface area (Å²) in [5.74, 6) is -1.91. The zero-order chi connectivity index (χ0) is 14.7. The molecule has 104 valence electrons. The molecule has 0 fully saturated rings. The second-order valence-electron chi connectivity index (χ2n) is 3.95. The quantitative estimate of drug-likeness (QED) is 0.692. The Morgan fingerprint density at radius 2 is 1.75 bits per heavy atom. The Labute approximate surface area is 113 Å². The fraction of sp³-hybridized carbons (Fsp3) is 0.0714. The van der Waals surface area contributed by atoms with Gasteiger partial charge in [0.05, 0.1) is 18.4 Å². The lowest BCUT2D eigenvalue weighted by molar-refractivity contribution is 0.0601. The van der Waals surface area contributed by atoms with Crippen LogP contribution in [0.4, 0.5) is 14.5 Å². The van der Waals surface area contributed by atoms with E-state index in [9.17, 15) is 13.6 Å². The van der Waals surface area contributed by atoms with Crippen molar-refractivity contribution in [3.05, 3.63) is 53.6 Å². The number of carbonyl (C=O) groups is 1. The van der Waals surface area contributed by atoms with Crippen molar-refractivity contribution in [1.82, 2.24) is 0 Å². The molecule has 2 aromatic rings. The van der Waals surface area contributed by atoms with Gasteiger partial charge in [-0.2, -0.15) is 0 Å². The molecule has 0 aliphatic carbocycles. The second-order valence-corrected chi connectivity index (χ2v) is 3.95. The van der Waals surface area contributed by atoms with Crippen molar-refractivity contribution in [2.24, 2.45) is 0 Å². The predicted molar refractivity (Wildman–Crippen MR) is 68.6 cm³/mol. The minimum Gasteiger partial charge on any atom is -0.465 e. The summed E-state index contributed by atoms with van der Waals surface area (Å²) in [7, 11) is 1.25. The molecule has 0 aliphatic rings. The highest BCUT2D eigenvalue weighted by Crippen LogP contribution is 2.29. The molecule has 0 amide bonds. The van der Waals surface area contributed by atoms with E-state index in [-0.39, 0.29) is 22.7 Å². The zero-order valence-corrected chi connectivity index (χ0v) is 10.5. The molecule has 0 bridgehead atoms. The second kappa shape index (κ2) is 5.56. The van der Waals surface area contributed by atoms with Crippen LogP contribution in [0.5, 0.6) is 11.5 Å². The number of nitrogens with two attached hydrogens (primary N) is 1. The van der Waals surface area contributed by atoms with Gasteiger partial charge in [0.25, 0.3) is 0 Å². The number of ether oxygens (including phenoxy) is 2. The van der Waals surface area contributed by atoms with Crippen molar-refractivity contribution < 1.29 is 23.0 Å². The molecule has 0 aliphatic heterocycles. The minimum absolute atomic E-state index is 0.0278. The summed E-state index contributed by atoms with van der Waals surface area (Å²) in [5.41, 5.74) is 6.12. The lowest BCUT2D eigenvalue weighted by Crippen LogP contribution is -2.02. The van der Waals surface area contributed by atoms with Crippen LogP contribution in [0.3, 0.4) is 0 Å². The highest BCUT2D eigenvalue weighted by atomic mass is 19.1. The number of carbonyl (C=O) groups excluding carboxylic acids is 1. The predicted octanol–water partition coefficient (Wildman–Crippen LogP) is 3.13. The molecule has 0 unspecified atom stereocenters. The normalized spacial score (nSPS) is 10.2. The van der Waals surface area contributed by atoms with E-state index in [2.05, 4.69) is 4.74 Å². The first kappa shape index (κ1) is 13.8. The Morgan fingerprint density at radius 3 is 2.30 bits per heavy atom. The number of benzene rings is 2. The average molecular weight is 279 g/mol. The van der Waals surface area contributed by atoms with Crippen molar-refractivity contribution in [2.75, 3.05) is 12.8 Å². The molecule has 0 heterocycles. The van der Waals surface area contributed by atoms with Crippen LogP contribution in [0, 0.1) is 11.6 Å². The van der Waals surface area contributed by atoms with Gasteiger partial charge in [-0.25, -0.2) is 13.6 Å². The maximum Gasteiger partial charge on any atom is 0.337 e. The average Bonchev–Trinajstić information content (AvgIpc) is 2.39. The number of nitrogen functional groups attached to an aromatic ring is 1. The van der Waals surface area contributed by atoms with E-state index in [1.165, 1.54) is 25.3 Å². The first-order valence-corrected chi connectivity index (χ1v) is 5.61. The van der Waals surface area contributed by atoms with Crippen LogP contribution in [0.2, 0.25) is 0 Å². The third kappa shape index (κ3) is 3.03. The van der Waals surface area contributed by atoms with E-state index in [1.54, 1.807) is 0 Å². The Bertz CT molecular complexity index is 639. The molecule has 0 radical (unpaired) electrons. The van der Waals surface area contributed by atoms with Gasteiger partial charge < -0.3 is 15.2 Å². The van der Waals surface area contributed by atoms with E-state index >= 15 is 0 Å².